The summed E-state index contributed by atoms with van der Waals surface area (Å²) in [5.74, 6) is 1.59. The van der Waals surface area contributed by atoms with E-state index in [1.54, 1.807) is 6.07 Å². The maximum Gasteiger partial charge on any atom is 0.314 e. The van der Waals surface area contributed by atoms with Crippen LogP contribution in [0.4, 0.5) is 5.95 Å². The lowest BCUT2D eigenvalue weighted by atomic mass is 10.7. The highest BCUT2D eigenvalue weighted by Crippen LogP contribution is 1.89. The number of carbonyl (C=O) groups is 1. The number of terminal acetylenes is 1. The van der Waals surface area contributed by atoms with Gasteiger partial charge in [0.15, 0.2) is 0 Å². The van der Waals surface area contributed by atoms with Gasteiger partial charge in [0.2, 0.25) is 5.95 Å². The van der Waals surface area contributed by atoms with Crippen molar-refractivity contribution >= 4 is 11.9 Å². The molecule has 1 aromatic heterocycles. The molecule has 0 radical (unpaired) electrons. The van der Waals surface area contributed by atoms with Crippen LogP contribution < -0.4 is 10.9 Å². The molecule has 0 aliphatic carbocycles. The molecule has 60 valence electrons. The lowest BCUT2D eigenvalue weighted by molar-refractivity contribution is -0.115. The van der Waals surface area contributed by atoms with Crippen molar-refractivity contribution in [2.24, 2.45) is 0 Å². The first-order chi connectivity index (χ1) is 5.83. The fraction of sp³-hybridized carbons (Fsp3) is 0. The van der Waals surface area contributed by atoms with Crippen LogP contribution in [-0.4, -0.2) is 15.9 Å². The molecular formula is C7H6N4O. The summed E-state index contributed by atoms with van der Waals surface area (Å²) in [4.78, 5) is 18.1. The summed E-state index contributed by atoms with van der Waals surface area (Å²) in [6.07, 6.45) is 7.87. The molecule has 0 aromatic carbocycles. The summed E-state index contributed by atoms with van der Waals surface area (Å²) < 4.78 is 0. The smallest absolute Gasteiger partial charge is 0.265 e. The van der Waals surface area contributed by atoms with Gasteiger partial charge in [-0.05, 0) is 12.0 Å². The van der Waals surface area contributed by atoms with Gasteiger partial charge in [-0.15, -0.1) is 6.42 Å². The summed E-state index contributed by atoms with van der Waals surface area (Å²) in [5, 5.41) is 0. The van der Waals surface area contributed by atoms with Crippen molar-refractivity contribution in [3.63, 3.8) is 0 Å². The lowest BCUT2D eigenvalue weighted by Gasteiger charge is -2.01. The van der Waals surface area contributed by atoms with E-state index < -0.39 is 5.91 Å². The quantitative estimate of drug-likeness (QED) is 0.456. The minimum absolute atomic E-state index is 0.293. The zero-order valence-corrected chi connectivity index (χ0v) is 6.11. The Morgan fingerprint density at radius 2 is 2.17 bits per heavy atom. The Morgan fingerprint density at radius 3 is 2.75 bits per heavy atom. The number of nitrogens with zero attached hydrogens (tertiary/aromatic N) is 2. The zero-order valence-electron chi connectivity index (χ0n) is 6.11. The molecule has 1 aromatic rings. The van der Waals surface area contributed by atoms with E-state index in [4.69, 9.17) is 6.42 Å². The van der Waals surface area contributed by atoms with E-state index in [0.29, 0.717) is 5.95 Å². The first kappa shape index (κ1) is 8.01. The topological polar surface area (TPSA) is 66.9 Å². The summed E-state index contributed by atoms with van der Waals surface area (Å²) in [6, 6.07) is 1.66. The Balaban J connectivity index is 2.45. The Hall–Kier alpha value is -2.09. The maximum atomic E-state index is 10.5. The first-order valence-electron chi connectivity index (χ1n) is 3.12. The molecule has 1 rings (SSSR count). The highest BCUT2D eigenvalue weighted by atomic mass is 16.2. The minimum Gasteiger partial charge on any atom is -0.265 e. The first-order valence-corrected chi connectivity index (χ1v) is 3.12. The Morgan fingerprint density at radius 1 is 1.50 bits per heavy atom. The van der Waals surface area contributed by atoms with Gasteiger partial charge in [0, 0.05) is 12.4 Å². The molecule has 0 saturated heterocycles. The van der Waals surface area contributed by atoms with Crippen LogP contribution in [0.3, 0.4) is 0 Å². The van der Waals surface area contributed by atoms with Crippen molar-refractivity contribution in [1.29, 1.82) is 0 Å². The van der Waals surface area contributed by atoms with Crippen LogP contribution in [0.25, 0.3) is 0 Å². The molecule has 0 bridgehead atoms. The van der Waals surface area contributed by atoms with Crippen LogP contribution in [0.1, 0.15) is 0 Å². The van der Waals surface area contributed by atoms with Gasteiger partial charge in [0.25, 0.3) is 0 Å². The van der Waals surface area contributed by atoms with Crippen LogP contribution in [0.2, 0.25) is 0 Å². The van der Waals surface area contributed by atoms with Crippen LogP contribution in [0, 0.1) is 12.3 Å². The highest BCUT2D eigenvalue weighted by molar-refractivity contribution is 5.93. The molecule has 0 spiro atoms. The van der Waals surface area contributed by atoms with Gasteiger partial charge in [0.1, 0.15) is 0 Å². The van der Waals surface area contributed by atoms with E-state index in [-0.39, 0.29) is 0 Å². The Kier molecular flexibility index (Phi) is 2.62. The fourth-order valence-electron chi connectivity index (χ4n) is 0.512. The predicted molar refractivity (Wildman–Crippen MR) is 42.6 cm³/mol. The average molecular weight is 162 g/mol. The standard InChI is InChI=1S/C7H6N4O/c1-2-6(12)10-11-7-8-4-3-5-9-7/h1,3-5H,(H,10,12)(H,8,9,11). The Bertz CT molecular complexity index is 303. The van der Waals surface area contributed by atoms with Crippen molar-refractivity contribution in [2.75, 3.05) is 5.43 Å². The van der Waals surface area contributed by atoms with Gasteiger partial charge < -0.3 is 0 Å². The number of aromatic nitrogens is 2. The molecule has 1 amide bonds. The number of hydrogen-bond acceptors (Lipinski definition) is 4. The van der Waals surface area contributed by atoms with E-state index in [9.17, 15) is 4.79 Å². The SMILES string of the molecule is C#CC(=O)NNc1ncccn1. The fourth-order valence-corrected chi connectivity index (χ4v) is 0.512. The van der Waals surface area contributed by atoms with Crippen LogP contribution in [-0.2, 0) is 4.79 Å². The molecular weight excluding hydrogens is 156 g/mol. The molecule has 0 unspecified atom stereocenters. The zero-order chi connectivity index (χ0) is 8.81. The summed E-state index contributed by atoms with van der Waals surface area (Å²) in [6.45, 7) is 0. The van der Waals surface area contributed by atoms with Crippen molar-refractivity contribution in [2.45, 2.75) is 0 Å². The Labute approximate surface area is 69.2 Å². The van der Waals surface area contributed by atoms with Crippen LogP contribution in [0.15, 0.2) is 18.5 Å². The normalized spacial score (nSPS) is 8.25. The summed E-state index contributed by atoms with van der Waals surface area (Å²) in [5.41, 5.74) is 4.63. The van der Waals surface area contributed by atoms with Gasteiger partial charge in [0.05, 0.1) is 0 Å². The van der Waals surface area contributed by atoms with Gasteiger partial charge >= 0.3 is 5.91 Å². The summed E-state index contributed by atoms with van der Waals surface area (Å²) >= 11 is 0. The van der Waals surface area contributed by atoms with Crippen LogP contribution in [0.5, 0.6) is 0 Å². The van der Waals surface area contributed by atoms with E-state index in [1.165, 1.54) is 12.4 Å². The number of rotatable bonds is 2. The molecule has 0 atom stereocenters. The number of nitrogens with one attached hydrogen (secondary N) is 2. The average Bonchev–Trinajstić information content (AvgIpc) is 2.16. The second kappa shape index (κ2) is 3.93. The number of hydrazine groups is 1. The third-order valence-electron chi connectivity index (χ3n) is 0.985. The van der Waals surface area contributed by atoms with Gasteiger partial charge in [-0.2, -0.15) is 0 Å². The van der Waals surface area contributed by atoms with Gasteiger partial charge in [-0.3, -0.25) is 15.6 Å². The molecule has 2 N–H and O–H groups in total. The third-order valence-corrected chi connectivity index (χ3v) is 0.985. The minimum atomic E-state index is -0.567. The van der Waals surface area contributed by atoms with Crippen LogP contribution >= 0.6 is 0 Å². The van der Waals surface area contributed by atoms with Crippen molar-refractivity contribution in [3.05, 3.63) is 18.5 Å². The molecule has 0 fully saturated rings. The molecule has 0 aliphatic heterocycles. The van der Waals surface area contributed by atoms with Crippen molar-refractivity contribution < 1.29 is 4.79 Å². The second-order valence-corrected chi connectivity index (χ2v) is 1.80. The van der Waals surface area contributed by atoms with Gasteiger partial charge in [-0.1, -0.05) is 0 Å². The second-order valence-electron chi connectivity index (χ2n) is 1.80. The van der Waals surface area contributed by atoms with E-state index in [1.807, 2.05) is 5.92 Å². The summed E-state index contributed by atoms with van der Waals surface area (Å²) in [7, 11) is 0. The van der Waals surface area contributed by atoms with E-state index in [0.717, 1.165) is 0 Å². The maximum absolute atomic E-state index is 10.5. The largest absolute Gasteiger partial charge is 0.314 e. The predicted octanol–water partition coefficient (Wildman–Crippen LogP) is -0.447. The van der Waals surface area contributed by atoms with E-state index >= 15 is 0 Å². The number of hydrogen-bond donors (Lipinski definition) is 2. The van der Waals surface area contributed by atoms with Gasteiger partial charge in [-0.25, -0.2) is 9.97 Å². The lowest BCUT2D eigenvalue weighted by Crippen LogP contribution is -2.28. The monoisotopic (exact) mass is 162 g/mol. The molecule has 5 heteroatoms. The third kappa shape index (κ3) is 2.27. The number of carbonyl (C=O) groups excluding carboxylic acids is 1. The molecule has 0 aliphatic rings. The number of amides is 1. The number of anilines is 1. The molecule has 5 nitrogen and oxygen atoms in total. The van der Waals surface area contributed by atoms with E-state index in [2.05, 4.69) is 20.8 Å². The molecule has 1 heterocycles. The van der Waals surface area contributed by atoms with Crippen molar-refractivity contribution in [3.8, 4) is 12.3 Å². The molecule has 0 saturated carbocycles. The van der Waals surface area contributed by atoms with Crippen molar-refractivity contribution in [1.82, 2.24) is 15.4 Å². The highest BCUT2D eigenvalue weighted by Gasteiger charge is 1.94. The molecule has 12 heavy (non-hydrogen) atoms.